The highest BCUT2D eigenvalue weighted by Gasteiger charge is 2.20. The molecule has 0 aliphatic heterocycles. The van der Waals surface area contributed by atoms with Crippen molar-refractivity contribution < 1.29 is 9.18 Å². The van der Waals surface area contributed by atoms with Gasteiger partial charge in [0.05, 0.1) is 17.8 Å². The normalized spacial score (nSPS) is 10.8. The summed E-state index contributed by atoms with van der Waals surface area (Å²) >= 11 is 8.04. The van der Waals surface area contributed by atoms with Gasteiger partial charge in [-0.3, -0.25) is 4.79 Å². The number of hydrogen-bond donors (Lipinski definition) is 1. The van der Waals surface area contributed by atoms with Crippen molar-refractivity contribution in [3.63, 3.8) is 0 Å². The molecule has 1 heterocycles. The summed E-state index contributed by atoms with van der Waals surface area (Å²) < 4.78 is 14.5. The Morgan fingerprint density at radius 3 is 2.61 bits per heavy atom. The van der Waals surface area contributed by atoms with Crippen LogP contribution < -0.4 is 5.32 Å². The highest BCUT2D eigenvalue weighted by molar-refractivity contribution is 7.99. The van der Waals surface area contributed by atoms with Gasteiger partial charge in [-0.1, -0.05) is 41.9 Å². The van der Waals surface area contributed by atoms with Crippen molar-refractivity contribution in [1.82, 2.24) is 15.1 Å². The molecule has 0 saturated carbocycles. The Morgan fingerprint density at radius 1 is 1.18 bits per heavy atom. The van der Waals surface area contributed by atoms with E-state index in [0.29, 0.717) is 29.5 Å². The van der Waals surface area contributed by atoms with E-state index in [1.165, 1.54) is 12.1 Å². The van der Waals surface area contributed by atoms with Gasteiger partial charge in [0.15, 0.2) is 0 Å². The molecule has 0 radical (unpaired) electrons. The largest absolute Gasteiger partial charge is 0.352 e. The predicted molar refractivity (Wildman–Crippen MR) is 112 cm³/mol. The number of halogens is 2. The van der Waals surface area contributed by atoms with E-state index >= 15 is 0 Å². The highest BCUT2D eigenvalue weighted by atomic mass is 35.5. The lowest BCUT2D eigenvalue weighted by molar-refractivity contribution is 0.0953. The molecule has 0 aliphatic carbocycles. The van der Waals surface area contributed by atoms with E-state index in [2.05, 4.69) is 10.4 Å². The molecular weight excluding hydrogens is 397 g/mol. The number of nitrogens with zero attached hydrogens (tertiary/aromatic N) is 2. The van der Waals surface area contributed by atoms with E-state index in [4.69, 9.17) is 11.6 Å². The third-order valence-corrected chi connectivity index (χ3v) is 5.64. The summed E-state index contributed by atoms with van der Waals surface area (Å²) in [7, 11) is 0. The first kappa shape index (κ1) is 20.4. The van der Waals surface area contributed by atoms with Gasteiger partial charge in [0.25, 0.3) is 5.91 Å². The second-order valence-electron chi connectivity index (χ2n) is 6.31. The summed E-state index contributed by atoms with van der Waals surface area (Å²) in [6.45, 7) is 2.83. The smallest absolute Gasteiger partial charge is 0.256 e. The number of carbonyl (C=O) groups excluding carboxylic acids is 1. The van der Waals surface area contributed by atoms with E-state index in [1.54, 1.807) is 35.5 Å². The third-order valence-electron chi connectivity index (χ3n) is 4.16. The van der Waals surface area contributed by atoms with Crippen molar-refractivity contribution in [3.8, 4) is 0 Å². The summed E-state index contributed by atoms with van der Waals surface area (Å²) in [4.78, 5) is 13.5. The van der Waals surface area contributed by atoms with Gasteiger partial charge in [-0.2, -0.15) is 5.10 Å². The summed E-state index contributed by atoms with van der Waals surface area (Å²) in [6, 6.07) is 16.2. The Balaban J connectivity index is 1.50. The molecular formula is C21H21ClFN3OS. The van der Waals surface area contributed by atoms with Crippen LogP contribution in [0.1, 0.15) is 28.0 Å². The molecule has 2 aromatic carbocycles. The number of aromatic nitrogens is 2. The van der Waals surface area contributed by atoms with Crippen LogP contribution in [0.3, 0.4) is 0 Å². The lowest BCUT2D eigenvalue weighted by Gasteiger charge is -2.06. The third kappa shape index (κ3) is 5.36. The van der Waals surface area contributed by atoms with E-state index in [-0.39, 0.29) is 11.7 Å². The van der Waals surface area contributed by atoms with E-state index in [0.717, 1.165) is 22.6 Å². The Bertz CT molecular complexity index is 929. The molecule has 0 spiro atoms. The monoisotopic (exact) mass is 417 g/mol. The number of thioether (sulfide) groups is 1. The number of carbonyl (C=O) groups is 1. The fourth-order valence-corrected chi connectivity index (χ4v) is 3.93. The summed E-state index contributed by atoms with van der Waals surface area (Å²) in [5, 5.41) is 7.66. The molecule has 0 fully saturated rings. The predicted octanol–water partition coefficient (Wildman–Crippen LogP) is 4.94. The lowest BCUT2D eigenvalue weighted by Crippen LogP contribution is -2.25. The first-order chi connectivity index (χ1) is 13.5. The van der Waals surface area contributed by atoms with Gasteiger partial charge in [0.1, 0.15) is 11.0 Å². The maximum Gasteiger partial charge on any atom is 0.256 e. The lowest BCUT2D eigenvalue weighted by atomic mass is 10.2. The first-order valence-corrected chi connectivity index (χ1v) is 10.3. The standard InChI is InChI=1S/C21H21ClFN3OS/c1-15-19(20(22)26(25-15)14-16-6-3-2-4-7-16)21(27)24-12-5-13-28-18-10-8-17(23)9-11-18/h2-4,6-11H,5,12-14H2,1H3,(H,24,27). The minimum Gasteiger partial charge on any atom is -0.352 e. The van der Waals surface area contributed by atoms with Crippen LogP contribution in [0.5, 0.6) is 0 Å². The Hall–Kier alpha value is -2.31. The van der Waals surface area contributed by atoms with Crippen LogP contribution >= 0.6 is 23.4 Å². The van der Waals surface area contributed by atoms with E-state index in [9.17, 15) is 9.18 Å². The maximum absolute atomic E-state index is 12.9. The van der Waals surface area contributed by atoms with Gasteiger partial charge < -0.3 is 5.32 Å². The number of hydrogen-bond acceptors (Lipinski definition) is 3. The van der Waals surface area contributed by atoms with Crippen molar-refractivity contribution in [2.45, 2.75) is 24.8 Å². The number of nitrogens with one attached hydrogen (secondary N) is 1. The zero-order valence-electron chi connectivity index (χ0n) is 15.5. The van der Waals surface area contributed by atoms with Gasteiger partial charge in [0, 0.05) is 11.4 Å². The number of aryl methyl sites for hydroxylation is 1. The van der Waals surface area contributed by atoms with Crippen molar-refractivity contribution in [1.29, 1.82) is 0 Å². The second kappa shape index (κ2) is 9.75. The average molecular weight is 418 g/mol. The molecule has 4 nitrogen and oxygen atoms in total. The second-order valence-corrected chi connectivity index (χ2v) is 7.83. The van der Waals surface area contributed by atoms with Crippen molar-refractivity contribution in [3.05, 3.63) is 82.4 Å². The van der Waals surface area contributed by atoms with Gasteiger partial charge in [-0.05, 0) is 48.9 Å². The maximum atomic E-state index is 12.9. The molecule has 0 aliphatic rings. The SMILES string of the molecule is Cc1nn(Cc2ccccc2)c(Cl)c1C(=O)NCCCSc1ccc(F)cc1. The van der Waals surface area contributed by atoms with Crippen LogP contribution in [-0.2, 0) is 6.54 Å². The fourth-order valence-electron chi connectivity index (χ4n) is 2.76. The van der Waals surface area contributed by atoms with Crippen molar-refractivity contribution in [2.24, 2.45) is 0 Å². The molecule has 1 amide bonds. The van der Waals surface area contributed by atoms with Gasteiger partial charge in [-0.15, -0.1) is 11.8 Å². The molecule has 3 rings (SSSR count). The summed E-state index contributed by atoms with van der Waals surface area (Å²) in [5.74, 6) is 0.372. The van der Waals surface area contributed by atoms with Crippen LogP contribution in [0.2, 0.25) is 5.15 Å². The minimum absolute atomic E-state index is 0.214. The van der Waals surface area contributed by atoms with Gasteiger partial charge in [-0.25, -0.2) is 9.07 Å². The number of amides is 1. The van der Waals surface area contributed by atoms with E-state index < -0.39 is 0 Å². The topological polar surface area (TPSA) is 46.9 Å². The quantitative estimate of drug-likeness (QED) is 0.417. The van der Waals surface area contributed by atoms with Crippen LogP contribution in [-0.4, -0.2) is 28.0 Å². The van der Waals surface area contributed by atoms with Crippen molar-refractivity contribution in [2.75, 3.05) is 12.3 Å². The average Bonchev–Trinajstić information content (AvgIpc) is 2.97. The van der Waals surface area contributed by atoms with Crippen LogP contribution in [0, 0.1) is 12.7 Å². The van der Waals surface area contributed by atoms with Crippen LogP contribution in [0.4, 0.5) is 4.39 Å². The molecule has 0 saturated heterocycles. The summed E-state index contributed by atoms with van der Waals surface area (Å²) in [5.41, 5.74) is 2.10. The Kier molecular flexibility index (Phi) is 7.12. The first-order valence-electron chi connectivity index (χ1n) is 8.98. The molecule has 146 valence electrons. The molecule has 1 aromatic heterocycles. The Morgan fingerprint density at radius 2 is 1.89 bits per heavy atom. The minimum atomic E-state index is -0.239. The zero-order valence-corrected chi connectivity index (χ0v) is 17.1. The zero-order chi connectivity index (χ0) is 19.9. The Labute approximate surface area is 173 Å². The molecule has 1 N–H and O–H groups in total. The fraction of sp³-hybridized carbons (Fsp3) is 0.238. The van der Waals surface area contributed by atoms with E-state index in [1.807, 2.05) is 30.3 Å². The molecule has 3 aromatic rings. The molecule has 0 unspecified atom stereocenters. The molecule has 7 heteroatoms. The van der Waals surface area contributed by atoms with Crippen LogP contribution in [0.15, 0.2) is 59.5 Å². The van der Waals surface area contributed by atoms with Gasteiger partial charge in [0.2, 0.25) is 0 Å². The molecule has 0 bridgehead atoms. The van der Waals surface area contributed by atoms with Crippen molar-refractivity contribution >= 4 is 29.3 Å². The molecule has 0 atom stereocenters. The summed E-state index contributed by atoms with van der Waals surface area (Å²) in [6.07, 6.45) is 0.794. The molecule has 28 heavy (non-hydrogen) atoms. The highest BCUT2D eigenvalue weighted by Crippen LogP contribution is 2.21. The van der Waals surface area contributed by atoms with Gasteiger partial charge >= 0.3 is 0 Å². The number of rotatable bonds is 8. The van der Waals surface area contributed by atoms with Crippen LogP contribution in [0.25, 0.3) is 0 Å². The number of benzene rings is 2.